The molecule has 0 aromatic carbocycles. The van der Waals surface area contributed by atoms with E-state index in [9.17, 15) is 0 Å². The van der Waals surface area contributed by atoms with Crippen molar-refractivity contribution in [3.63, 3.8) is 0 Å². The Morgan fingerprint density at radius 1 is 0.0543 bits per heavy atom. The molecule has 92 heavy (non-hydrogen) atoms. The molecular weight excluding hydrogens is 1570 g/mol. The third kappa shape index (κ3) is 14300. The molecule has 23 heteroatoms. The molecule has 0 radical (unpaired) electrons. The van der Waals surface area contributed by atoms with Crippen LogP contribution in [-0.4, -0.2) is 288 Å². The first-order valence-corrected chi connectivity index (χ1v) is 56.3. The van der Waals surface area contributed by atoms with Crippen LogP contribution in [0.4, 0.5) is 0 Å². The fourth-order valence-corrected chi connectivity index (χ4v) is 0. The molecular formula is C69H230S23. The number of hydrogen-bond acceptors (Lipinski definition) is 23. The Balaban J connectivity index is -0.00000000540. The lowest BCUT2D eigenvalue weighted by atomic mass is 11.9. The molecule has 0 saturated heterocycles. The Morgan fingerprint density at radius 2 is 0.0543 bits per heavy atom. The molecule has 0 atom stereocenters. The highest BCUT2D eigenvalue weighted by atomic mass is 32.2. The summed E-state index contributed by atoms with van der Waals surface area (Å²) < 4.78 is 0. The van der Waals surface area contributed by atoms with E-state index in [0.717, 1.165) is 0 Å². The minimum atomic E-state index is 0. The maximum Gasteiger partial charge on any atom is -0.0187 e. The smallest absolute Gasteiger partial charge is 0.0187 e. The predicted molar refractivity (Wildman–Crippen MR) is 602 cm³/mol. The van der Waals surface area contributed by atoms with Gasteiger partial charge in [0.15, 0.2) is 0 Å². The van der Waals surface area contributed by atoms with Gasteiger partial charge in [-0.2, -0.15) is 271 Å². The van der Waals surface area contributed by atoms with Gasteiger partial charge in [0.05, 0.1) is 0 Å². The summed E-state index contributed by atoms with van der Waals surface area (Å²) in [5.41, 5.74) is 0. The minimum absolute atomic E-state index is 0. The van der Waals surface area contributed by atoms with Crippen LogP contribution in [0.1, 0.15) is 171 Å². The van der Waals surface area contributed by atoms with E-state index in [1.165, 1.54) is 0 Å². The van der Waals surface area contributed by atoms with Crippen LogP contribution in [0.5, 0.6) is 0 Å². The van der Waals surface area contributed by atoms with Crippen LogP contribution < -0.4 is 0 Å². The molecule has 0 aromatic heterocycles. The van der Waals surface area contributed by atoms with Gasteiger partial charge in [0.1, 0.15) is 0 Å². The second-order valence-electron chi connectivity index (χ2n) is 9.39. The molecule has 0 spiro atoms. The van der Waals surface area contributed by atoms with Crippen LogP contribution in [0.3, 0.4) is 0 Å². The Labute approximate surface area is 720 Å². The summed E-state index contributed by atoms with van der Waals surface area (Å²) in [4.78, 5) is 0. The largest absolute Gasteiger partial charge is 0.169 e. The molecule has 0 aliphatic carbocycles. The normalized spacial score (nSPS) is 4.50. The number of rotatable bonds is 0. The van der Waals surface area contributed by atoms with Gasteiger partial charge in [-0.25, -0.2) is 0 Å². The SMILES string of the molecule is C.C.C.C.C.C.C.C.C.C.C.C.C.C.C.C.C.C.C.C.C.C.C.CSC.CSC.CSC.CSC.CSC.CSC.CSC.CSC.CSC.CSC.CSC.CSC.CSC.CSC.CSC.CSC.CSC.CSC.CSC.CSC.CSC.CSC.CSC. The maximum atomic E-state index is 2.04. The third-order valence-electron chi connectivity index (χ3n) is 0. The van der Waals surface area contributed by atoms with Crippen molar-refractivity contribution in [1.29, 1.82) is 0 Å². The monoisotopic (exact) mass is 1800 g/mol. The Hall–Kier alpha value is 8.05. The fraction of sp³-hybridized carbons (Fsp3) is 1.00. The third-order valence-corrected chi connectivity index (χ3v) is 0. The summed E-state index contributed by atoms with van der Waals surface area (Å²) in [6.45, 7) is 0. The van der Waals surface area contributed by atoms with E-state index in [0.29, 0.717) is 0 Å². The molecule has 0 heterocycles. The molecule has 0 bridgehead atoms. The van der Waals surface area contributed by atoms with Crippen molar-refractivity contribution in [3.05, 3.63) is 0 Å². The summed E-state index contributed by atoms with van der Waals surface area (Å²) in [6, 6.07) is 0. The van der Waals surface area contributed by atoms with Gasteiger partial charge < -0.3 is 0 Å². The average molecular weight is 1800 g/mol. The number of thioether (sulfide) groups is 23. The molecule has 0 aromatic rings. The van der Waals surface area contributed by atoms with E-state index < -0.39 is 0 Å². The molecule has 0 aliphatic rings. The van der Waals surface area contributed by atoms with E-state index in [1.54, 1.807) is 271 Å². The van der Waals surface area contributed by atoms with Gasteiger partial charge in [0.25, 0.3) is 0 Å². The molecule has 0 aliphatic heterocycles. The van der Waals surface area contributed by atoms with Gasteiger partial charge in [-0.3, -0.25) is 0 Å². The Morgan fingerprint density at radius 3 is 0.0543 bits per heavy atom. The quantitative estimate of drug-likeness (QED) is 0.226. The Kier molecular flexibility index (Phi) is 3610. The lowest BCUT2D eigenvalue weighted by molar-refractivity contribution is 2.37. The van der Waals surface area contributed by atoms with Crippen molar-refractivity contribution < 1.29 is 0 Å². The van der Waals surface area contributed by atoms with Crippen molar-refractivity contribution in [3.8, 4) is 0 Å². The van der Waals surface area contributed by atoms with E-state index in [1.807, 2.05) is 288 Å². The summed E-state index contributed by atoms with van der Waals surface area (Å²) >= 11 is 40.2. The summed E-state index contributed by atoms with van der Waals surface area (Å²) in [6.07, 6.45) is 93.9. The Bertz CT molecular complexity index is 179. The highest BCUT2D eigenvalue weighted by Crippen LogP contribution is 1.76. The summed E-state index contributed by atoms with van der Waals surface area (Å²) in [7, 11) is 0. The predicted octanol–water partition coefficient (Wildman–Crippen LogP) is 37.2. The van der Waals surface area contributed by atoms with E-state index in [4.69, 9.17) is 0 Å². The average Bonchev–Trinajstić information content (AvgIpc) is 3.22. The fourth-order valence-electron chi connectivity index (χ4n) is 0. The number of hydrogen-bond donors (Lipinski definition) is 0. The zero-order valence-electron chi connectivity index (χ0n) is 55.4. The van der Waals surface area contributed by atoms with Gasteiger partial charge >= 0.3 is 0 Å². The second-order valence-corrected chi connectivity index (χ2v) is 28.2. The van der Waals surface area contributed by atoms with Gasteiger partial charge in [-0.05, 0) is 288 Å². The zero-order chi connectivity index (χ0) is 62.3. The van der Waals surface area contributed by atoms with E-state index in [2.05, 4.69) is 0 Å². The van der Waals surface area contributed by atoms with Crippen LogP contribution in [-0.2, 0) is 0 Å². The van der Waals surface area contributed by atoms with Crippen molar-refractivity contribution in [2.24, 2.45) is 0 Å². The summed E-state index contributed by atoms with van der Waals surface area (Å²) in [5, 5.41) is 0. The first-order valence-electron chi connectivity index (χ1n) is 18.8. The summed E-state index contributed by atoms with van der Waals surface area (Å²) in [5.74, 6) is 0. The highest BCUT2D eigenvalue weighted by molar-refractivity contribution is 8.01. The van der Waals surface area contributed by atoms with Crippen molar-refractivity contribution in [2.75, 3.05) is 288 Å². The van der Waals surface area contributed by atoms with Crippen LogP contribution >= 0.6 is 271 Å². The molecule has 644 valence electrons. The molecule has 0 amide bonds. The first kappa shape index (κ1) is 336. The molecule has 0 rings (SSSR count). The van der Waals surface area contributed by atoms with Gasteiger partial charge in [-0.15, -0.1) is 0 Å². The van der Waals surface area contributed by atoms with Crippen molar-refractivity contribution >= 4 is 271 Å². The van der Waals surface area contributed by atoms with Crippen LogP contribution in [0, 0.1) is 0 Å². The molecule has 0 unspecified atom stereocenters. The minimum Gasteiger partial charge on any atom is -0.169 e. The highest BCUT2D eigenvalue weighted by Gasteiger charge is 1.39. The van der Waals surface area contributed by atoms with E-state index in [-0.39, 0.29) is 171 Å². The van der Waals surface area contributed by atoms with E-state index >= 15 is 0 Å². The zero-order valence-corrected chi connectivity index (χ0v) is 74.2. The van der Waals surface area contributed by atoms with Crippen LogP contribution in [0.15, 0.2) is 0 Å². The van der Waals surface area contributed by atoms with Crippen LogP contribution in [0.2, 0.25) is 0 Å². The van der Waals surface area contributed by atoms with Gasteiger partial charge in [0, 0.05) is 0 Å². The standard InChI is InChI=1S/23C2H6S.23CH4/c23*1-3-2;;;;;;;;;;;;;;;;;;;;;;;/h23*1-2H3;23*1H4. The molecule has 0 N–H and O–H groups in total. The topological polar surface area (TPSA) is 0 Å². The molecule has 0 fully saturated rings. The van der Waals surface area contributed by atoms with Crippen molar-refractivity contribution in [1.82, 2.24) is 0 Å². The van der Waals surface area contributed by atoms with Gasteiger partial charge in [-0.1, -0.05) is 171 Å². The molecule has 0 saturated carbocycles. The van der Waals surface area contributed by atoms with Crippen LogP contribution in [0.25, 0.3) is 0 Å². The van der Waals surface area contributed by atoms with Gasteiger partial charge in [0.2, 0.25) is 0 Å². The second kappa shape index (κ2) is 988. The van der Waals surface area contributed by atoms with Crippen molar-refractivity contribution in [2.45, 2.75) is 171 Å². The maximum absolute atomic E-state index is 2.04. The lowest BCUT2D eigenvalue weighted by Gasteiger charge is -1.51. The lowest BCUT2D eigenvalue weighted by Crippen LogP contribution is -1.25. The first-order chi connectivity index (χ1) is 32.5. The molecule has 0 nitrogen and oxygen atoms in total.